The SMILES string of the molecule is C=CCOc1ccc([C@@H]2SCC(=O)Nc3c2c(=O)[nH]n3[C@@H]2CCOC(C)(C)C2)cc1. The number of aromatic amines is 1. The number of carbonyl (C=O) groups is 1. The highest BCUT2D eigenvalue weighted by molar-refractivity contribution is 8.00. The fraction of sp³-hybridized carbons (Fsp3) is 0.455. The number of hydrogen-bond acceptors (Lipinski definition) is 5. The fourth-order valence-corrected chi connectivity index (χ4v) is 5.22. The molecular weight excluding hydrogens is 402 g/mol. The van der Waals surface area contributed by atoms with Crippen molar-refractivity contribution in [1.29, 1.82) is 0 Å². The molecule has 0 aliphatic carbocycles. The smallest absolute Gasteiger partial charge is 0.270 e. The second kappa shape index (κ2) is 8.35. The van der Waals surface area contributed by atoms with E-state index in [0.29, 0.717) is 24.6 Å². The monoisotopic (exact) mass is 429 g/mol. The van der Waals surface area contributed by atoms with Gasteiger partial charge in [0.05, 0.1) is 28.2 Å². The van der Waals surface area contributed by atoms with Crippen LogP contribution in [0.1, 0.15) is 49.1 Å². The summed E-state index contributed by atoms with van der Waals surface area (Å²) in [5, 5.41) is 5.72. The molecule has 2 atom stereocenters. The summed E-state index contributed by atoms with van der Waals surface area (Å²) in [6, 6.07) is 7.72. The van der Waals surface area contributed by atoms with Gasteiger partial charge in [-0.2, -0.15) is 0 Å². The molecule has 0 spiro atoms. The molecule has 1 saturated heterocycles. The molecule has 1 aromatic heterocycles. The Labute approximate surface area is 179 Å². The van der Waals surface area contributed by atoms with E-state index in [1.807, 2.05) is 42.8 Å². The van der Waals surface area contributed by atoms with Gasteiger partial charge < -0.3 is 14.8 Å². The summed E-state index contributed by atoms with van der Waals surface area (Å²) in [5.74, 6) is 1.50. The Morgan fingerprint density at radius 2 is 2.10 bits per heavy atom. The van der Waals surface area contributed by atoms with Crippen molar-refractivity contribution in [1.82, 2.24) is 9.78 Å². The van der Waals surface area contributed by atoms with Gasteiger partial charge in [-0.15, -0.1) is 11.8 Å². The number of amides is 1. The van der Waals surface area contributed by atoms with Crippen LogP contribution in [0.5, 0.6) is 5.75 Å². The van der Waals surface area contributed by atoms with E-state index in [1.165, 1.54) is 11.8 Å². The van der Waals surface area contributed by atoms with Crippen molar-refractivity contribution in [3.05, 3.63) is 58.4 Å². The first kappa shape index (κ1) is 20.8. The standard InChI is InChI=1S/C22H27N3O4S/c1-4-10-28-16-7-5-14(6-8-16)19-18-20(23-17(26)13-30-19)25(24-21(18)27)15-9-11-29-22(2,3)12-15/h4-8,15,19H,1,9-13H2,2-3H3,(H,23,26)(H,24,27)/t15-,19+/m1/s1. The lowest BCUT2D eigenvalue weighted by molar-refractivity contribution is -0.113. The minimum Gasteiger partial charge on any atom is -0.490 e. The summed E-state index contributed by atoms with van der Waals surface area (Å²) < 4.78 is 13.2. The molecule has 0 unspecified atom stereocenters. The van der Waals surface area contributed by atoms with Crippen LogP contribution in [0.4, 0.5) is 5.82 Å². The number of thioether (sulfide) groups is 1. The van der Waals surface area contributed by atoms with E-state index in [2.05, 4.69) is 17.0 Å². The number of carbonyl (C=O) groups excluding carboxylic acids is 1. The number of fused-ring (bicyclic) bond motifs is 1. The van der Waals surface area contributed by atoms with Crippen molar-refractivity contribution in [2.75, 3.05) is 24.3 Å². The molecule has 2 N–H and O–H groups in total. The Morgan fingerprint density at radius 1 is 1.33 bits per heavy atom. The molecule has 3 heterocycles. The molecule has 7 nitrogen and oxygen atoms in total. The molecule has 1 fully saturated rings. The van der Waals surface area contributed by atoms with Crippen LogP contribution in [0, 0.1) is 0 Å². The van der Waals surface area contributed by atoms with Crippen LogP contribution < -0.4 is 15.6 Å². The number of aromatic nitrogens is 2. The molecule has 8 heteroatoms. The highest BCUT2D eigenvalue weighted by Gasteiger charge is 2.35. The van der Waals surface area contributed by atoms with Crippen molar-refractivity contribution >= 4 is 23.5 Å². The fourth-order valence-electron chi connectivity index (χ4n) is 4.09. The van der Waals surface area contributed by atoms with Gasteiger partial charge in [-0.3, -0.25) is 19.4 Å². The van der Waals surface area contributed by atoms with Crippen LogP contribution >= 0.6 is 11.8 Å². The summed E-state index contributed by atoms with van der Waals surface area (Å²) in [6.45, 7) is 8.80. The second-order valence-corrected chi connectivity index (χ2v) is 9.33. The summed E-state index contributed by atoms with van der Waals surface area (Å²) in [7, 11) is 0. The van der Waals surface area contributed by atoms with Crippen molar-refractivity contribution in [2.45, 2.75) is 43.6 Å². The molecule has 1 aromatic carbocycles. The normalized spacial score (nSPS) is 23.2. The van der Waals surface area contributed by atoms with E-state index >= 15 is 0 Å². The van der Waals surface area contributed by atoms with E-state index in [-0.39, 0.29) is 34.1 Å². The van der Waals surface area contributed by atoms with E-state index in [9.17, 15) is 9.59 Å². The van der Waals surface area contributed by atoms with Gasteiger partial charge in [0.15, 0.2) is 0 Å². The van der Waals surface area contributed by atoms with Gasteiger partial charge in [0, 0.05) is 6.61 Å². The van der Waals surface area contributed by atoms with Crippen LogP contribution in [0.3, 0.4) is 0 Å². The van der Waals surface area contributed by atoms with E-state index in [0.717, 1.165) is 24.2 Å². The van der Waals surface area contributed by atoms with Crippen molar-refractivity contribution in [3.63, 3.8) is 0 Å². The van der Waals surface area contributed by atoms with Gasteiger partial charge in [-0.25, -0.2) is 0 Å². The number of anilines is 1. The average molecular weight is 430 g/mol. The maximum absolute atomic E-state index is 13.0. The number of hydrogen-bond donors (Lipinski definition) is 2. The van der Waals surface area contributed by atoms with Crippen LogP contribution in [0.25, 0.3) is 0 Å². The van der Waals surface area contributed by atoms with Crippen molar-refractivity contribution < 1.29 is 14.3 Å². The van der Waals surface area contributed by atoms with Gasteiger partial charge in [-0.1, -0.05) is 24.8 Å². The Kier molecular flexibility index (Phi) is 5.79. The summed E-state index contributed by atoms with van der Waals surface area (Å²) >= 11 is 1.46. The number of nitrogens with zero attached hydrogens (tertiary/aromatic N) is 1. The molecule has 0 bridgehead atoms. The van der Waals surface area contributed by atoms with Crippen LogP contribution in [0.2, 0.25) is 0 Å². The zero-order valence-electron chi connectivity index (χ0n) is 17.3. The number of benzene rings is 1. The predicted molar refractivity (Wildman–Crippen MR) is 118 cm³/mol. The maximum Gasteiger partial charge on any atom is 0.270 e. The minimum atomic E-state index is -0.277. The first-order chi connectivity index (χ1) is 14.4. The highest BCUT2D eigenvalue weighted by Crippen LogP contribution is 2.42. The van der Waals surface area contributed by atoms with E-state index in [4.69, 9.17) is 9.47 Å². The van der Waals surface area contributed by atoms with Crippen LogP contribution in [-0.4, -0.2) is 40.3 Å². The number of H-pyrrole nitrogens is 1. The van der Waals surface area contributed by atoms with Gasteiger partial charge in [0.1, 0.15) is 18.2 Å². The van der Waals surface area contributed by atoms with Crippen LogP contribution in [0.15, 0.2) is 41.7 Å². The molecular formula is C22H27N3O4S. The minimum absolute atomic E-state index is 0.0592. The zero-order chi connectivity index (χ0) is 21.3. The topological polar surface area (TPSA) is 85.4 Å². The molecule has 2 aromatic rings. The number of ether oxygens (including phenoxy) is 2. The molecule has 2 aliphatic heterocycles. The molecule has 160 valence electrons. The van der Waals surface area contributed by atoms with Gasteiger partial charge in [-0.05, 0) is 44.4 Å². The number of nitrogens with one attached hydrogen (secondary N) is 2. The lowest BCUT2D eigenvalue weighted by atomic mass is 9.94. The average Bonchev–Trinajstić information content (AvgIpc) is 2.91. The summed E-state index contributed by atoms with van der Waals surface area (Å²) in [5.41, 5.74) is 1.11. The Balaban J connectivity index is 1.71. The van der Waals surface area contributed by atoms with Gasteiger partial charge in [0.25, 0.3) is 5.56 Å². The summed E-state index contributed by atoms with van der Waals surface area (Å²) in [6.07, 6.45) is 3.23. The van der Waals surface area contributed by atoms with Gasteiger partial charge >= 0.3 is 0 Å². The predicted octanol–water partition coefficient (Wildman–Crippen LogP) is 3.65. The molecule has 4 rings (SSSR count). The van der Waals surface area contributed by atoms with E-state index < -0.39 is 0 Å². The van der Waals surface area contributed by atoms with Crippen molar-refractivity contribution in [3.8, 4) is 5.75 Å². The molecule has 0 saturated carbocycles. The Hall–Kier alpha value is -2.45. The Bertz CT molecular complexity index is 993. The van der Waals surface area contributed by atoms with E-state index in [1.54, 1.807) is 6.08 Å². The van der Waals surface area contributed by atoms with Crippen molar-refractivity contribution in [2.24, 2.45) is 0 Å². The van der Waals surface area contributed by atoms with Crippen LogP contribution in [-0.2, 0) is 9.53 Å². The number of rotatable bonds is 5. The first-order valence-electron chi connectivity index (χ1n) is 10.1. The molecule has 0 radical (unpaired) electrons. The first-order valence-corrected chi connectivity index (χ1v) is 11.2. The zero-order valence-corrected chi connectivity index (χ0v) is 18.1. The van der Waals surface area contributed by atoms with Gasteiger partial charge in [0.2, 0.25) is 5.91 Å². The molecule has 30 heavy (non-hydrogen) atoms. The summed E-state index contributed by atoms with van der Waals surface area (Å²) in [4.78, 5) is 25.5. The highest BCUT2D eigenvalue weighted by atomic mass is 32.2. The lowest BCUT2D eigenvalue weighted by Gasteiger charge is -2.36. The third-order valence-corrected chi connectivity index (χ3v) is 6.72. The lowest BCUT2D eigenvalue weighted by Crippen LogP contribution is -2.36. The third kappa shape index (κ3) is 4.20. The Morgan fingerprint density at radius 3 is 2.80 bits per heavy atom. The third-order valence-electron chi connectivity index (χ3n) is 5.45. The molecule has 1 amide bonds. The quantitative estimate of drug-likeness (QED) is 0.709. The largest absolute Gasteiger partial charge is 0.490 e. The maximum atomic E-state index is 13.0. The second-order valence-electron chi connectivity index (χ2n) is 8.24. The molecule has 2 aliphatic rings.